The van der Waals surface area contributed by atoms with Gasteiger partial charge in [0.1, 0.15) is 0 Å². The molecule has 0 spiro atoms. The van der Waals surface area contributed by atoms with Gasteiger partial charge in [-0.15, -0.1) is 5.92 Å². The van der Waals surface area contributed by atoms with Crippen LogP contribution in [0.25, 0.3) is 0 Å². The molecule has 1 heterocycles. The zero-order valence-electron chi connectivity index (χ0n) is 9.47. The molecule has 1 rings (SSSR count). The molecule has 0 radical (unpaired) electrons. The van der Waals surface area contributed by atoms with Crippen LogP contribution in [0.1, 0.15) is 33.1 Å². The van der Waals surface area contributed by atoms with Crippen LogP contribution in [-0.2, 0) is 0 Å². The lowest BCUT2D eigenvalue weighted by atomic mass is 10.0. The number of nitrogens with one attached hydrogen (secondary N) is 1. The Kier molecular flexibility index (Phi) is 5.66. The second-order valence-corrected chi connectivity index (χ2v) is 3.85. The van der Waals surface area contributed by atoms with Crippen LogP contribution in [0.2, 0.25) is 0 Å². The minimum atomic E-state index is 0.713. The maximum absolute atomic E-state index is 3.43. The number of likely N-dealkylation sites (N-methyl/N-ethyl adjacent to an activating group) is 1. The highest BCUT2D eigenvalue weighted by atomic mass is 15.2. The highest BCUT2D eigenvalue weighted by Gasteiger charge is 2.20. The molecule has 0 bridgehead atoms. The van der Waals surface area contributed by atoms with E-state index in [-0.39, 0.29) is 0 Å². The Labute approximate surface area is 88.1 Å². The van der Waals surface area contributed by atoms with Gasteiger partial charge < -0.3 is 5.32 Å². The van der Waals surface area contributed by atoms with Gasteiger partial charge in [0.2, 0.25) is 0 Å². The summed E-state index contributed by atoms with van der Waals surface area (Å²) in [6.07, 6.45) is 4.05. The number of hydrogen-bond acceptors (Lipinski definition) is 2. The fourth-order valence-corrected chi connectivity index (χ4v) is 1.99. The molecule has 2 nitrogen and oxygen atoms in total. The zero-order valence-corrected chi connectivity index (χ0v) is 9.47. The average molecular weight is 194 g/mol. The minimum Gasteiger partial charge on any atom is -0.315 e. The van der Waals surface area contributed by atoms with Crippen molar-refractivity contribution in [1.82, 2.24) is 10.2 Å². The van der Waals surface area contributed by atoms with Gasteiger partial charge in [0.15, 0.2) is 0 Å². The Morgan fingerprint density at radius 2 is 2.29 bits per heavy atom. The van der Waals surface area contributed by atoms with Crippen molar-refractivity contribution in [2.24, 2.45) is 0 Å². The number of piperidine rings is 1. The van der Waals surface area contributed by atoms with Gasteiger partial charge in [-0.25, -0.2) is 0 Å². The van der Waals surface area contributed by atoms with E-state index < -0.39 is 0 Å². The summed E-state index contributed by atoms with van der Waals surface area (Å²) in [4.78, 5) is 2.52. The molecule has 2 heteroatoms. The predicted molar refractivity (Wildman–Crippen MR) is 61.2 cm³/mol. The van der Waals surface area contributed by atoms with Crippen LogP contribution in [-0.4, -0.2) is 37.1 Å². The Morgan fingerprint density at radius 3 is 3.00 bits per heavy atom. The smallest absolute Gasteiger partial charge is 0.0604 e. The molecule has 1 aliphatic heterocycles. The third-order valence-electron chi connectivity index (χ3n) is 2.84. The largest absolute Gasteiger partial charge is 0.315 e. The molecule has 0 aromatic heterocycles. The summed E-state index contributed by atoms with van der Waals surface area (Å²) in [6.45, 7) is 8.46. The molecule has 1 saturated heterocycles. The van der Waals surface area contributed by atoms with Crippen LogP contribution >= 0.6 is 0 Å². The molecular weight excluding hydrogens is 172 g/mol. The van der Waals surface area contributed by atoms with Crippen molar-refractivity contribution in [3.05, 3.63) is 0 Å². The normalized spacial score (nSPS) is 22.9. The molecule has 1 aliphatic rings. The van der Waals surface area contributed by atoms with Gasteiger partial charge in [-0.2, -0.15) is 0 Å². The Hall–Kier alpha value is -0.520. The summed E-state index contributed by atoms with van der Waals surface area (Å²) in [7, 11) is 0. The van der Waals surface area contributed by atoms with E-state index in [1.54, 1.807) is 0 Å². The molecule has 1 atom stereocenters. The van der Waals surface area contributed by atoms with Crippen LogP contribution in [0, 0.1) is 11.8 Å². The van der Waals surface area contributed by atoms with Crippen molar-refractivity contribution in [2.45, 2.75) is 39.2 Å². The fraction of sp³-hybridized carbons (Fsp3) is 0.833. The SMILES string of the molecule is CC#CCN1CCCCC1CNCC. The number of hydrogen-bond donors (Lipinski definition) is 1. The van der Waals surface area contributed by atoms with Crippen LogP contribution < -0.4 is 5.32 Å². The summed E-state index contributed by atoms with van der Waals surface area (Å²) < 4.78 is 0. The van der Waals surface area contributed by atoms with E-state index in [1.165, 1.54) is 25.8 Å². The van der Waals surface area contributed by atoms with E-state index in [9.17, 15) is 0 Å². The second kappa shape index (κ2) is 6.86. The molecule has 1 fully saturated rings. The molecule has 0 aromatic carbocycles. The average Bonchev–Trinajstić information content (AvgIpc) is 2.24. The van der Waals surface area contributed by atoms with Crippen LogP contribution in [0.15, 0.2) is 0 Å². The standard InChI is InChI=1S/C12H22N2/c1-3-5-9-14-10-7-6-8-12(14)11-13-4-2/h12-13H,4,6-11H2,1-2H3. The van der Waals surface area contributed by atoms with E-state index in [0.717, 1.165) is 19.6 Å². The highest BCUT2D eigenvalue weighted by Crippen LogP contribution is 2.15. The summed E-state index contributed by atoms with van der Waals surface area (Å²) in [5, 5.41) is 3.43. The van der Waals surface area contributed by atoms with Crippen molar-refractivity contribution in [3.63, 3.8) is 0 Å². The molecule has 0 aliphatic carbocycles. The first-order valence-corrected chi connectivity index (χ1v) is 5.72. The number of likely N-dealkylation sites (tertiary alicyclic amines) is 1. The van der Waals surface area contributed by atoms with Gasteiger partial charge in [-0.1, -0.05) is 19.3 Å². The van der Waals surface area contributed by atoms with E-state index in [4.69, 9.17) is 0 Å². The highest BCUT2D eigenvalue weighted by molar-refractivity contribution is 4.99. The third-order valence-corrected chi connectivity index (χ3v) is 2.84. The first-order valence-electron chi connectivity index (χ1n) is 5.72. The van der Waals surface area contributed by atoms with Gasteiger partial charge >= 0.3 is 0 Å². The van der Waals surface area contributed by atoms with Crippen molar-refractivity contribution in [3.8, 4) is 11.8 Å². The molecule has 80 valence electrons. The van der Waals surface area contributed by atoms with Crippen LogP contribution in [0.4, 0.5) is 0 Å². The minimum absolute atomic E-state index is 0.713. The second-order valence-electron chi connectivity index (χ2n) is 3.85. The fourth-order valence-electron chi connectivity index (χ4n) is 1.99. The van der Waals surface area contributed by atoms with Crippen molar-refractivity contribution in [1.29, 1.82) is 0 Å². The van der Waals surface area contributed by atoms with E-state index >= 15 is 0 Å². The molecule has 1 N–H and O–H groups in total. The summed E-state index contributed by atoms with van der Waals surface area (Å²) in [5.74, 6) is 6.15. The van der Waals surface area contributed by atoms with Crippen LogP contribution in [0.3, 0.4) is 0 Å². The van der Waals surface area contributed by atoms with E-state index in [2.05, 4.69) is 29.0 Å². The van der Waals surface area contributed by atoms with Crippen molar-refractivity contribution in [2.75, 3.05) is 26.2 Å². The quantitative estimate of drug-likeness (QED) is 0.682. The van der Waals surface area contributed by atoms with E-state index in [1.807, 2.05) is 6.92 Å². The third kappa shape index (κ3) is 3.69. The zero-order chi connectivity index (χ0) is 10.2. The lowest BCUT2D eigenvalue weighted by Crippen LogP contribution is -2.45. The summed E-state index contributed by atoms with van der Waals surface area (Å²) >= 11 is 0. The Bertz CT molecular complexity index is 202. The van der Waals surface area contributed by atoms with Crippen LogP contribution in [0.5, 0.6) is 0 Å². The Morgan fingerprint density at radius 1 is 1.43 bits per heavy atom. The van der Waals surface area contributed by atoms with E-state index in [0.29, 0.717) is 6.04 Å². The van der Waals surface area contributed by atoms with Crippen molar-refractivity contribution >= 4 is 0 Å². The summed E-state index contributed by atoms with van der Waals surface area (Å²) in [6, 6.07) is 0.713. The number of nitrogens with zero attached hydrogens (tertiary/aromatic N) is 1. The summed E-state index contributed by atoms with van der Waals surface area (Å²) in [5.41, 5.74) is 0. The van der Waals surface area contributed by atoms with Gasteiger partial charge in [0.25, 0.3) is 0 Å². The molecule has 0 aromatic rings. The van der Waals surface area contributed by atoms with Gasteiger partial charge in [-0.05, 0) is 32.9 Å². The Balaban J connectivity index is 2.36. The first kappa shape index (κ1) is 11.6. The monoisotopic (exact) mass is 194 g/mol. The van der Waals surface area contributed by atoms with Crippen molar-refractivity contribution < 1.29 is 0 Å². The number of rotatable bonds is 4. The predicted octanol–water partition coefficient (Wildman–Crippen LogP) is 1.47. The molecular formula is C12H22N2. The van der Waals surface area contributed by atoms with Gasteiger partial charge in [0, 0.05) is 12.6 Å². The maximum atomic E-state index is 3.43. The lowest BCUT2D eigenvalue weighted by Gasteiger charge is -2.34. The molecule has 0 saturated carbocycles. The molecule has 1 unspecified atom stereocenters. The molecule has 14 heavy (non-hydrogen) atoms. The topological polar surface area (TPSA) is 15.3 Å². The van der Waals surface area contributed by atoms with Gasteiger partial charge in [-0.3, -0.25) is 4.90 Å². The van der Waals surface area contributed by atoms with Gasteiger partial charge in [0.05, 0.1) is 6.54 Å². The maximum Gasteiger partial charge on any atom is 0.0604 e. The molecule has 0 amide bonds. The first-order chi connectivity index (χ1) is 6.88. The lowest BCUT2D eigenvalue weighted by molar-refractivity contribution is 0.165.